The molecule has 1 atom stereocenters. The maximum absolute atomic E-state index is 13.1. The van der Waals surface area contributed by atoms with Crippen LogP contribution in [0.25, 0.3) is 0 Å². The third-order valence-electron chi connectivity index (χ3n) is 2.09. The minimum absolute atomic E-state index is 0.179. The van der Waals surface area contributed by atoms with Crippen molar-refractivity contribution >= 4 is 23.4 Å². The molecule has 1 unspecified atom stereocenters. The topological polar surface area (TPSA) is 26.0 Å². The minimum atomic E-state index is -0.346. The number of nitrogens with two attached hydrogens (primary N) is 1. The number of thioether (sulfide) groups is 1. The SMILES string of the molecule is CC(CCN)SCc1ccc(Cl)c(F)c1. The Labute approximate surface area is 99.2 Å². The van der Waals surface area contributed by atoms with E-state index in [1.54, 1.807) is 17.8 Å². The summed E-state index contributed by atoms with van der Waals surface area (Å²) in [6.45, 7) is 2.83. The van der Waals surface area contributed by atoms with Gasteiger partial charge in [-0.15, -0.1) is 0 Å². The van der Waals surface area contributed by atoms with Crippen LogP contribution in [0, 0.1) is 5.82 Å². The average Bonchev–Trinajstić information content (AvgIpc) is 2.20. The highest BCUT2D eigenvalue weighted by Crippen LogP contribution is 2.22. The highest BCUT2D eigenvalue weighted by molar-refractivity contribution is 7.99. The second-order valence-electron chi connectivity index (χ2n) is 3.45. The van der Waals surface area contributed by atoms with E-state index >= 15 is 0 Å². The molecule has 84 valence electrons. The molecule has 0 radical (unpaired) electrons. The summed E-state index contributed by atoms with van der Waals surface area (Å²) in [5.74, 6) is 0.455. The van der Waals surface area contributed by atoms with Gasteiger partial charge in [0.15, 0.2) is 0 Å². The van der Waals surface area contributed by atoms with Gasteiger partial charge in [-0.05, 0) is 30.7 Å². The summed E-state index contributed by atoms with van der Waals surface area (Å²) in [7, 11) is 0. The maximum atomic E-state index is 13.1. The highest BCUT2D eigenvalue weighted by Gasteiger charge is 2.04. The van der Waals surface area contributed by atoms with E-state index in [-0.39, 0.29) is 10.8 Å². The van der Waals surface area contributed by atoms with E-state index < -0.39 is 0 Å². The quantitative estimate of drug-likeness (QED) is 0.863. The molecule has 0 bridgehead atoms. The van der Waals surface area contributed by atoms with Gasteiger partial charge in [-0.3, -0.25) is 0 Å². The van der Waals surface area contributed by atoms with Crippen molar-refractivity contribution in [2.45, 2.75) is 24.3 Å². The van der Waals surface area contributed by atoms with Crippen molar-refractivity contribution in [2.75, 3.05) is 6.54 Å². The van der Waals surface area contributed by atoms with Gasteiger partial charge in [0.1, 0.15) is 5.82 Å². The first kappa shape index (κ1) is 12.8. The van der Waals surface area contributed by atoms with Gasteiger partial charge in [-0.1, -0.05) is 24.6 Å². The molecular weight excluding hydrogens is 233 g/mol. The van der Waals surface area contributed by atoms with E-state index in [0.29, 0.717) is 11.8 Å². The van der Waals surface area contributed by atoms with Gasteiger partial charge >= 0.3 is 0 Å². The Kier molecular flexibility index (Phi) is 5.43. The molecule has 0 heterocycles. The van der Waals surface area contributed by atoms with E-state index in [9.17, 15) is 4.39 Å². The Morgan fingerprint density at radius 1 is 1.53 bits per heavy atom. The summed E-state index contributed by atoms with van der Waals surface area (Å²) < 4.78 is 13.1. The maximum Gasteiger partial charge on any atom is 0.142 e. The number of rotatable bonds is 5. The lowest BCUT2D eigenvalue weighted by Gasteiger charge is -2.09. The molecule has 0 aliphatic carbocycles. The molecule has 0 aromatic heterocycles. The first-order valence-corrected chi connectivity index (χ1v) is 6.31. The van der Waals surface area contributed by atoms with Crippen LogP contribution in [0.15, 0.2) is 18.2 Å². The smallest absolute Gasteiger partial charge is 0.142 e. The number of hydrogen-bond acceptors (Lipinski definition) is 2. The van der Waals surface area contributed by atoms with Crippen molar-refractivity contribution in [3.63, 3.8) is 0 Å². The summed E-state index contributed by atoms with van der Waals surface area (Å²) in [5, 5.41) is 0.687. The molecular formula is C11H15ClFNS. The molecule has 0 saturated carbocycles. The van der Waals surface area contributed by atoms with Crippen molar-refractivity contribution in [3.05, 3.63) is 34.6 Å². The number of hydrogen-bond donors (Lipinski definition) is 1. The van der Waals surface area contributed by atoms with Crippen molar-refractivity contribution in [3.8, 4) is 0 Å². The summed E-state index contributed by atoms with van der Waals surface area (Å²) in [5.41, 5.74) is 6.42. The van der Waals surface area contributed by atoms with Gasteiger partial charge < -0.3 is 5.73 Å². The van der Waals surface area contributed by atoms with Crippen LogP contribution in [-0.4, -0.2) is 11.8 Å². The standard InChI is InChI=1S/C11H15ClFNS/c1-8(4-5-14)15-7-9-2-3-10(12)11(13)6-9/h2-3,6,8H,4-5,7,14H2,1H3. The number of benzene rings is 1. The van der Waals surface area contributed by atoms with Gasteiger partial charge in [0.25, 0.3) is 0 Å². The van der Waals surface area contributed by atoms with Crippen LogP contribution in [0.3, 0.4) is 0 Å². The van der Waals surface area contributed by atoms with Crippen LogP contribution in [0.5, 0.6) is 0 Å². The fourth-order valence-corrected chi connectivity index (χ4v) is 2.26. The van der Waals surface area contributed by atoms with Gasteiger partial charge in [-0.2, -0.15) is 11.8 Å². The molecule has 0 aliphatic rings. The predicted octanol–water partition coefficient (Wildman–Crippen LogP) is 3.45. The molecule has 4 heteroatoms. The van der Waals surface area contributed by atoms with Crippen molar-refractivity contribution in [1.82, 2.24) is 0 Å². The van der Waals surface area contributed by atoms with Crippen LogP contribution in [-0.2, 0) is 5.75 Å². The highest BCUT2D eigenvalue weighted by atomic mass is 35.5. The van der Waals surface area contributed by atoms with Gasteiger partial charge in [-0.25, -0.2) is 4.39 Å². The van der Waals surface area contributed by atoms with Gasteiger partial charge in [0.2, 0.25) is 0 Å². The zero-order valence-corrected chi connectivity index (χ0v) is 10.2. The van der Waals surface area contributed by atoms with Crippen molar-refractivity contribution < 1.29 is 4.39 Å². The third kappa shape index (κ3) is 4.41. The summed E-state index contributed by atoms with van der Waals surface area (Å²) in [6.07, 6.45) is 0.987. The molecule has 0 aliphatic heterocycles. The molecule has 1 rings (SSSR count). The lowest BCUT2D eigenvalue weighted by molar-refractivity contribution is 0.627. The van der Waals surface area contributed by atoms with Crippen LogP contribution < -0.4 is 5.73 Å². The Morgan fingerprint density at radius 2 is 2.27 bits per heavy atom. The van der Waals surface area contributed by atoms with E-state index in [0.717, 1.165) is 17.7 Å². The van der Waals surface area contributed by atoms with Gasteiger partial charge in [0, 0.05) is 11.0 Å². The molecule has 0 saturated heterocycles. The second-order valence-corrected chi connectivity index (χ2v) is 5.28. The lowest BCUT2D eigenvalue weighted by atomic mass is 10.2. The summed E-state index contributed by atoms with van der Waals surface area (Å²) in [4.78, 5) is 0. The number of halogens is 2. The predicted molar refractivity (Wildman–Crippen MR) is 65.8 cm³/mol. The van der Waals surface area contributed by atoms with Crippen LogP contribution in [0.1, 0.15) is 18.9 Å². The Bertz CT molecular complexity index is 319. The summed E-state index contributed by atoms with van der Waals surface area (Å²) in [6, 6.07) is 4.94. The normalized spacial score (nSPS) is 12.8. The third-order valence-corrected chi connectivity index (χ3v) is 3.70. The largest absolute Gasteiger partial charge is 0.330 e. The molecule has 0 spiro atoms. The lowest BCUT2D eigenvalue weighted by Crippen LogP contribution is -2.07. The van der Waals surface area contributed by atoms with Crippen LogP contribution in [0.2, 0.25) is 5.02 Å². The van der Waals surface area contributed by atoms with Gasteiger partial charge in [0.05, 0.1) is 5.02 Å². The fourth-order valence-electron chi connectivity index (χ4n) is 1.19. The first-order valence-electron chi connectivity index (χ1n) is 4.89. The molecule has 0 fully saturated rings. The second kappa shape index (κ2) is 6.36. The monoisotopic (exact) mass is 247 g/mol. The molecule has 1 aromatic rings. The van der Waals surface area contributed by atoms with Crippen LogP contribution >= 0.6 is 23.4 Å². The van der Waals surface area contributed by atoms with Crippen molar-refractivity contribution in [1.29, 1.82) is 0 Å². The molecule has 1 aromatic carbocycles. The average molecular weight is 248 g/mol. The zero-order chi connectivity index (χ0) is 11.3. The fraction of sp³-hybridized carbons (Fsp3) is 0.455. The molecule has 1 nitrogen and oxygen atoms in total. The van der Waals surface area contributed by atoms with Crippen LogP contribution in [0.4, 0.5) is 4.39 Å². The Balaban J connectivity index is 2.47. The first-order chi connectivity index (χ1) is 7.13. The Hall–Kier alpha value is -0.250. The molecule has 0 amide bonds. The summed E-state index contributed by atoms with van der Waals surface area (Å²) >= 11 is 7.37. The van der Waals surface area contributed by atoms with Crippen molar-refractivity contribution in [2.24, 2.45) is 5.73 Å². The Morgan fingerprint density at radius 3 is 2.87 bits per heavy atom. The zero-order valence-electron chi connectivity index (χ0n) is 8.67. The van der Waals surface area contributed by atoms with E-state index in [4.69, 9.17) is 17.3 Å². The molecule has 15 heavy (non-hydrogen) atoms. The minimum Gasteiger partial charge on any atom is -0.330 e. The van der Waals surface area contributed by atoms with E-state index in [2.05, 4.69) is 6.92 Å². The van der Waals surface area contributed by atoms with E-state index in [1.807, 2.05) is 6.07 Å². The molecule has 2 N–H and O–H groups in total. The van der Waals surface area contributed by atoms with E-state index in [1.165, 1.54) is 6.07 Å².